The van der Waals surface area contributed by atoms with Gasteiger partial charge in [0, 0.05) is 29.2 Å². The number of amides is 1. The third-order valence-electron chi connectivity index (χ3n) is 4.01. The van der Waals surface area contributed by atoms with E-state index in [4.69, 9.17) is 9.84 Å². The first-order valence-corrected chi connectivity index (χ1v) is 9.35. The van der Waals surface area contributed by atoms with Gasteiger partial charge in [0.2, 0.25) is 5.91 Å². The number of nitrogens with zero attached hydrogens (tertiary/aromatic N) is 1. The molecule has 1 aromatic rings. The van der Waals surface area contributed by atoms with Crippen LogP contribution in [0.4, 0.5) is 4.39 Å². The molecular formula is C19H25FN2O4S. The second-order valence-corrected chi connectivity index (χ2v) is 8.43. The van der Waals surface area contributed by atoms with Crippen LogP contribution >= 0.6 is 12.6 Å². The predicted octanol–water partition coefficient (Wildman–Crippen LogP) is 3.32. The standard InChI is InChI=1S/C19H25FN2O4S/c1-19(2,27)11-16(23)22-21-15-6-3-5-12-9-13(10-14(20)18(12)15)26-8-4-7-17(24)25/h9-10,27H,3-8,11H2,1-2H3,(H,22,23)(H,24,25)/b21-15-. The van der Waals surface area contributed by atoms with Crippen molar-refractivity contribution < 1.29 is 23.8 Å². The molecule has 2 N–H and O–H groups in total. The number of hydrogen-bond acceptors (Lipinski definition) is 5. The number of fused-ring (bicyclic) bond motifs is 1. The third-order valence-corrected chi connectivity index (χ3v) is 4.16. The minimum atomic E-state index is -0.889. The molecule has 0 unspecified atom stereocenters. The SMILES string of the molecule is CC(C)(S)CC(=O)N/N=C1/CCCc2cc(OCCCC(=O)O)cc(F)c21. The number of carboxylic acid groups (broad SMARTS) is 1. The van der Waals surface area contributed by atoms with Crippen molar-refractivity contribution in [1.82, 2.24) is 5.43 Å². The molecule has 0 aromatic heterocycles. The Labute approximate surface area is 163 Å². The molecule has 148 valence electrons. The Morgan fingerprint density at radius 2 is 2.11 bits per heavy atom. The number of hydrazone groups is 1. The number of thiol groups is 1. The van der Waals surface area contributed by atoms with Crippen LogP contribution in [0.2, 0.25) is 0 Å². The Morgan fingerprint density at radius 3 is 2.78 bits per heavy atom. The van der Waals surface area contributed by atoms with Crippen molar-refractivity contribution in [2.45, 2.75) is 57.1 Å². The number of halogens is 1. The number of ether oxygens (including phenoxy) is 1. The minimum Gasteiger partial charge on any atom is -0.493 e. The predicted molar refractivity (Wildman–Crippen MR) is 104 cm³/mol. The van der Waals surface area contributed by atoms with E-state index in [1.165, 1.54) is 6.07 Å². The van der Waals surface area contributed by atoms with E-state index in [1.54, 1.807) is 6.07 Å². The number of rotatable bonds is 8. The van der Waals surface area contributed by atoms with Crippen LogP contribution < -0.4 is 10.2 Å². The van der Waals surface area contributed by atoms with Gasteiger partial charge in [-0.25, -0.2) is 9.82 Å². The van der Waals surface area contributed by atoms with Gasteiger partial charge in [-0.2, -0.15) is 17.7 Å². The molecule has 2 rings (SSSR count). The van der Waals surface area contributed by atoms with Crippen molar-refractivity contribution >= 4 is 30.2 Å². The third kappa shape index (κ3) is 6.86. The van der Waals surface area contributed by atoms with Gasteiger partial charge in [-0.05, 0) is 37.3 Å². The van der Waals surface area contributed by atoms with Gasteiger partial charge in [0.15, 0.2) is 0 Å². The molecule has 6 nitrogen and oxygen atoms in total. The molecule has 1 aliphatic rings. The number of carbonyl (C=O) groups excluding carboxylic acids is 1. The lowest BCUT2D eigenvalue weighted by atomic mass is 9.89. The van der Waals surface area contributed by atoms with Crippen molar-refractivity contribution in [3.05, 3.63) is 29.1 Å². The van der Waals surface area contributed by atoms with Crippen LogP contribution in [0.25, 0.3) is 0 Å². The topological polar surface area (TPSA) is 88.0 Å². The zero-order valence-electron chi connectivity index (χ0n) is 15.5. The fraction of sp³-hybridized carbons (Fsp3) is 0.526. The van der Waals surface area contributed by atoms with Gasteiger partial charge in [0.05, 0.1) is 12.3 Å². The monoisotopic (exact) mass is 396 g/mol. The van der Waals surface area contributed by atoms with Crippen LogP contribution in [0.3, 0.4) is 0 Å². The van der Waals surface area contributed by atoms with E-state index in [2.05, 4.69) is 23.2 Å². The van der Waals surface area contributed by atoms with Crippen molar-refractivity contribution in [1.29, 1.82) is 0 Å². The normalized spacial score (nSPS) is 15.3. The van der Waals surface area contributed by atoms with E-state index in [9.17, 15) is 14.0 Å². The molecule has 0 spiro atoms. The smallest absolute Gasteiger partial charge is 0.303 e. The number of nitrogens with one attached hydrogen (secondary N) is 1. The summed E-state index contributed by atoms with van der Waals surface area (Å²) in [6.45, 7) is 3.87. The molecule has 0 saturated carbocycles. The Kier molecular flexibility index (Phi) is 7.24. The molecule has 0 radical (unpaired) electrons. The summed E-state index contributed by atoms with van der Waals surface area (Å²) in [7, 11) is 0. The van der Waals surface area contributed by atoms with E-state index in [0.29, 0.717) is 36.3 Å². The van der Waals surface area contributed by atoms with Gasteiger partial charge in [-0.3, -0.25) is 9.59 Å². The Morgan fingerprint density at radius 1 is 1.37 bits per heavy atom. The molecule has 1 amide bonds. The van der Waals surface area contributed by atoms with Crippen LogP contribution in [-0.4, -0.2) is 34.0 Å². The number of hydrogen-bond donors (Lipinski definition) is 3. The molecular weight excluding hydrogens is 371 g/mol. The fourth-order valence-corrected chi connectivity index (χ4v) is 3.04. The maximum Gasteiger partial charge on any atom is 0.303 e. The molecule has 8 heteroatoms. The van der Waals surface area contributed by atoms with Crippen molar-refractivity contribution in [2.75, 3.05) is 6.61 Å². The maximum atomic E-state index is 14.6. The highest BCUT2D eigenvalue weighted by Gasteiger charge is 2.22. The minimum absolute atomic E-state index is 0.00696. The second-order valence-electron chi connectivity index (χ2n) is 7.22. The highest BCUT2D eigenvalue weighted by atomic mass is 32.1. The molecule has 0 atom stereocenters. The summed E-state index contributed by atoms with van der Waals surface area (Å²) >= 11 is 4.32. The molecule has 0 fully saturated rings. The number of aliphatic carboxylic acids is 1. The highest BCUT2D eigenvalue weighted by molar-refractivity contribution is 7.81. The molecule has 0 heterocycles. The zero-order chi connectivity index (χ0) is 20.0. The van der Waals surface area contributed by atoms with Gasteiger partial charge >= 0.3 is 5.97 Å². The average molecular weight is 396 g/mol. The Balaban J connectivity index is 2.09. The molecule has 0 aliphatic heterocycles. The molecule has 0 saturated heterocycles. The number of carboxylic acids is 1. The van der Waals surface area contributed by atoms with E-state index in [0.717, 1.165) is 12.0 Å². The summed E-state index contributed by atoms with van der Waals surface area (Å²) in [6, 6.07) is 3.03. The fourth-order valence-electron chi connectivity index (χ4n) is 2.90. The van der Waals surface area contributed by atoms with Gasteiger partial charge in [-0.1, -0.05) is 13.8 Å². The Hall–Kier alpha value is -2.09. The van der Waals surface area contributed by atoms with Gasteiger partial charge in [0.25, 0.3) is 0 Å². The van der Waals surface area contributed by atoms with E-state index >= 15 is 0 Å². The van der Waals surface area contributed by atoms with Crippen LogP contribution in [-0.2, 0) is 16.0 Å². The first kappa shape index (κ1) is 21.2. The van der Waals surface area contributed by atoms with Crippen LogP contribution in [0.1, 0.15) is 57.1 Å². The quantitative estimate of drug-likeness (QED) is 0.357. The molecule has 1 aliphatic carbocycles. The highest BCUT2D eigenvalue weighted by Crippen LogP contribution is 2.29. The summed E-state index contributed by atoms with van der Waals surface area (Å²) in [5.41, 5.74) is 4.18. The van der Waals surface area contributed by atoms with E-state index in [1.807, 2.05) is 13.8 Å². The molecule has 1 aromatic carbocycles. The average Bonchev–Trinajstić information content (AvgIpc) is 2.55. The lowest BCUT2D eigenvalue weighted by Crippen LogP contribution is -2.28. The van der Waals surface area contributed by atoms with Crippen LogP contribution in [0.5, 0.6) is 5.75 Å². The zero-order valence-corrected chi connectivity index (χ0v) is 16.4. The first-order valence-electron chi connectivity index (χ1n) is 8.91. The van der Waals surface area contributed by atoms with Crippen molar-refractivity contribution in [2.24, 2.45) is 5.10 Å². The van der Waals surface area contributed by atoms with E-state index in [-0.39, 0.29) is 25.4 Å². The molecule has 27 heavy (non-hydrogen) atoms. The maximum absolute atomic E-state index is 14.6. The van der Waals surface area contributed by atoms with Gasteiger partial charge in [0.1, 0.15) is 11.6 Å². The van der Waals surface area contributed by atoms with Crippen molar-refractivity contribution in [3.63, 3.8) is 0 Å². The summed E-state index contributed by atoms with van der Waals surface area (Å²) in [6.07, 6.45) is 2.62. The second kappa shape index (κ2) is 9.21. The lowest BCUT2D eigenvalue weighted by molar-refractivity contribution is -0.137. The van der Waals surface area contributed by atoms with Crippen LogP contribution in [0.15, 0.2) is 17.2 Å². The summed E-state index contributed by atoms with van der Waals surface area (Å²) in [4.78, 5) is 22.4. The number of aryl methyl sites for hydroxylation is 1. The first-order chi connectivity index (χ1) is 12.7. The van der Waals surface area contributed by atoms with Gasteiger partial charge in [-0.15, -0.1) is 0 Å². The van der Waals surface area contributed by atoms with Gasteiger partial charge < -0.3 is 9.84 Å². The summed E-state index contributed by atoms with van der Waals surface area (Å²) in [5, 5.41) is 12.8. The van der Waals surface area contributed by atoms with Crippen molar-refractivity contribution in [3.8, 4) is 5.75 Å². The number of carbonyl (C=O) groups is 2. The summed E-state index contributed by atoms with van der Waals surface area (Å²) in [5.74, 6) is -1.24. The molecule has 0 bridgehead atoms. The largest absolute Gasteiger partial charge is 0.493 e. The lowest BCUT2D eigenvalue weighted by Gasteiger charge is -2.20. The van der Waals surface area contributed by atoms with Crippen LogP contribution in [0, 0.1) is 5.82 Å². The summed E-state index contributed by atoms with van der Waals surface area (Å²) < 4.78 is 19.7. The van der Waals surface area contributed by atoms with E-state index < -0.39 is 16.5 Å². The Bertz CT molecular complexity index is 744. The number of benzene rings is 1.